The van der Waals surface area contributed by atoms with E-state index in [9.17, 15) is 9.90 Å². The fourth-order valence-corrected chi connectivity index (χ4v) is 1.59. The molecule has 4 nitrogen and oxygen atoms in total. The van der Waals surface area contributed by atoms with E-state index in [1.807, 2.05) is 44.2 Å². The van der Waals surface area contributed by atoms with Crippen molar-refractivity contribution in [1.82, 2.24) is 5.32 Å². The summed E-state index contributed by atoms with van der Waals surface area (Å²) in [6.45, 7) is 3.55. The Morgan fingerprint density at radius 3 is 2.38 bits per heavy atom. The maximum atomic E-state index is 10.8. The van der Waals surface area contributed by atoms with Crippen LogP contribution in [0.4, 0.5) is 4.79 Å². The molecule has 0 heterocycles. The van der Waals surface area contributed by atoms with Gasteiger partial charge in [0.25, 0.3) is 0 Å². The Bertz CT molecular complexity index is 349. The summed E-state index contributed by atoms with van der Waals surface area (Å²) < 4.78 is 0. The molecule has 0 spiro atoms. The lowest BCUT2D eigenvalue weighted by molar-refractivity contribution is 0.110. The number of benzene rings is 1. The molecule has 1 aromatic carbocycles. The van der Waals surface area contributed by atoms with E-state index in [4.69, 9.17) is 5.11 Å². The van der Waals surface area contributed by atoms with Gasteiger partial charge >= 0.3 is 6.09 Å². The standard InChI is InChI=1S/C12H17NO3/c1-12(2,8-14)10(13-11(15)16)9-6-4-3-5-7-9/h3-7,10,13-14H,8H2,1-2H3,(H,15,16). The lowest BCUT2D eigenvalue weighted by Crippen LogP contribution is -2.39. The molecule has 0 aliphatic rings. The van der Waals surface area contributed by atoms with Crippen LogP contribution < -0.4 is 5.32 Å². The Morgan fingerprint density at radius 1 is 1.38 bits per heavy atom. The normalized spacial score (nSPS) is 13.2. The molecule has 1 amide bonds. The molecule has 0 aliphatic carbocycles. The van der Waals surface area contributed by atoms with Gasteiger partial charge in [0.2, 0.25) is 0 Å². The van der Waals surface area contributed by atoms with Gasteiger partial charge in [-0.25, -0.2) is 4.79 Å². The second-order valence-corrected chi connectivity index (χ2v) is 4.44. The SMILES string of the molecule is CC(C)(CO)C(NC(=O)O)c1ccccc1. The highest BCUT2D eigenvalue weighted by Crippen LogP contribution is 2.32. The summed E-state index contributed by atoms with van der Waals surface area (Å²) in [6, 6.07) is 8.83. The molecular formula is C12H17NO3. The Balaban J connectivity index is 3.01. The third kappa shape index (κ3) is 2.97. The van der Waals surface area contributed by atoms with E-state index in [-0.39, 0.29) is 6.61 Å². The minimum absolute atomic E-state index is 0.0904. The van der Waals surface area contributed by atoms with Crippen LogP contribution in [0, 0.1) is 5.41 Å². The molecular weight excluding hydrogens is 206 g/mol. The van der Waals surface area contributed by atoms with Crippen LogP contribution in [-0.2, 0) is 0 Å². The summed E-state index contributed by atoms with van der Waals surface area (Å²) in [7, 11) is 0. The molecule has 0 radical (unpaired) electrons. The second kappa shape index (κ2) is 4.99. The van der Waals surface area contributed by atoms with Gasteiger partial charge in [0.05, 0.1) is 12.6 Å². The van der Waals surface area contributed by atoms with Crippen molar-refractivity contribution in [1.29, 1.82) is 0 Å². The third-order valence-corrected chi connectivity index (χ3v) is 2.59. The smallest absolute Gasteiger partial charge is 0.405 e. The molecule has 0 bridgehead atoms. The first-order valence-corrected chi connectivity index (χ1v) is 5.12. The fourth-order valence-electron chi connectivity index (χ4n) is 1.59. The highest BCUT2D eigenvalue weighted by atomic mass is 16.4. The van der Waals surface area contributed by atoms with Crippen LogP contribution in [0.15, 0.2) is 30.3 Å². The number of rotatable bonds is 4. The van der Waals surface area contributed by atoms with Crippen LogP contribution in [0.3, 0.4) is 0 Å². The van der Waals surface area contributed by atoms with Crippen LogP contribution in [0.25, 0.3) is 0 Å². The van der Waals surface area contributed by atoms with Gasteiger partial charge < -0.3 is 15.5 Å². The first-order valence-electron chi connectivity index (χ1n) is 5.12. The summed E-state index contributed by atoms with van der Waals surface area (Å²) in [4.78, 5) is 10.8. The van der Waals surface area contributed by atoms with Gasteiger partial charge in [0.1, 0.15) is 0 Å². The van der Waals surface area contributed by atoms with Gasteiger partial charge in [-0.15, -0.1) is 0 Å². The van der Waals surface area contributed by atoms with Gasteiger partial charge in [-0.3, -0.25) is 0 Å². The average molecular weight is 223 g/mol. The van der Waals surface area contributed by atoms with Crippen LogP contribution in [0.1, 0.15) is 25.5 Å². The van der Waals surface area contributed by atoms with Gasteiger partial charge in [-0.2, -0.15) is 0 Å². The summed E-state index contributed by atoms with van der Waals surface area (Å²) in [5.74, 6) is 0. The van der Waals surface area contributed by atoms with Gasteiger partial charge in [0.15, 0.2) is 0 Å². The van der Waals surface area contributed by atoms with Crippen molar-refractivity contribution >= 4 is 6.09 Å². The lowest BCUT2D eigenvalue weighted by Gasteiger charge is -2.32. The molecule has 0 saturated carbocycles. The monoisotopic (exact) mass is 223 g/mol. The molecule has 3 N–H and O–H groups in total. The molecule has 0 fully saturated rings. The fraction of sp³-hybridized carbons (Fsp3) is 0.417. The molecule has 88 valence electrons. The van der Waals surface area contributed by atoms with Crippen molar-refractivity contribution in [3.63, 3.8) is 0 Å². The number of hydrogen-bond acceptors (Lipinski definition) is 2. The zero-order valence-corrected chi connectivity index (χ0v) is 9.47. The quantitative estimate of drug-likeness (QED) is 0.731. The first kappa shape index (κ1) is 12.5. The predicted octanol–water partition coefficient (Wildman–Crippen LogP) is 2.01. The summed E-state index contributed by atoms with van der Waals surface area (Å²) in [5.41, 5.74) is 0.309. The molecule has 0 saturated heterocycles. The highest BCUT2D eigenvalue weighted by molar-refractivity contribution is 5.65. The summed E-state index contributed by atoms with van der Waals surface area (Å²) in [5, 5.41) is 20.6. The third-order valence-electron chi connectivity index (χ3n) is 2.59. The number of nitrogens with one attached hydrogen (secondary N) is 1. The topological polar surface area (TPSA) is 69.6 Å². The zero-order chi connectivity index (χ0) is 12.2. The molecule has 1 atom stereocenters. The van der Waals surface area contributed by atoms with Gasteiger partial charge in [-0.05, 0) is 5.56 Å². The minimum atomic E-state index is -1.09. The predicted molar refractivity (Wildman–Crippen MR) is 61.2 cm³/mol. The number of aliphatic hydroxyl groups excluding tert-OH is 1. The molecule has 1 rings (SSSR count). The maximum Gasteiger partial charge on any atom is 0.405 e. The number of carbonyl (C=O) groups is 1. The molecule has 1 unspecified atom stereocenters. The van der Waals surface area contributed by atoms with Crippen molar-refractivity contribution < 1.29 is 15.0 Å². The van der Waals surface area contributed by atoms with Crippen molar-refractivity contribution in [3.05, 3.63) is 35.9 Å². The van der Waals surface area contributed by atoms with Crippen molar-refractivity contribution in [2.75, 3.05) is 6.61 Å². The number of hydrogen-bond donors (Lipinski definition) is 3. The van der Waals surface area contributed by atoms with Crippen molar-refractivity contribution in [2.45, 2.75) is 19.9 Å². The Morgan fingerprint density at radius 2 is 1.94 bits per heavy atom. The second-order valence-electron chi connectivity index (χ2n) is 4.44. The van der Waals surface area contributed by atoms with E-state index in [2.05, 4.69) is 5.32 Å². The van der Waals surface area contributed by atoms with E-state index in [1.54, 1.807) is 0 Å². The number of amides is 1. The molecule has 4 heteroatoms. The van der Waals surface area contributed by atoms with Crippen LogP contribution in [0.5, 0.6) is 0 Å². The lowest BCUT2D eigenvalue weighted by atomic mass is 9.81. The van der Waals surface area contributed by atoms with Gasteiger partial charge in [0, 0.05) is 5.41 Å². The van der Waals surface area contributed by atoms with E-state index >= 15 is 0 Å². The molecule has 0 aromatic heterocycles. The van der Waals surface area contributed by atoms with E-state index < -0.39 is 17.6 Å². The minimum Gasteiger partial charge on any atom is -0.465 e. The van der Waals surface area contributed by atoms with E-state index in [0.717, 1.165) is 5.56 Å². The summed E-state index contributed by atoms with van der Waals surface area (Å²) in [6.07, 6.45) is -1.09. The molecule has 0 aliphatic heterocycles. The van der Waals surface area contributed by atoms with Crippen LogP contribution in [-0.4, -0.2) is 22.9 Å². The van der Waals surface area contributed by atoms with Gasteiger partial charge in [-0.1, -0.05) is 44.2 Å². The van der Waals surface area contributed by atoms with Crippen molar-refractivity contribution in [2.24, 2.45) is 5.41 Å². The highest BCUT2D eigenvalue weighted by Gasteiger charge is 2.31. The summed E-state index contributed by atoms with van der Waals surface area (Å²) >= 11 is 0. The average Bonchev–Trinajstić information content (AvgIpc) is 2.27. The van der Waals surface area contributed by atoms with E-state index in [1.165, 1.54) is 0 Å². The Kier molecular flexibility index (Phi) is 3.90. The Hall–Kier alpha value is -1.55. The number of aliphatic hydroxyl groups is 1. The number of carboxylic acid groups (broad SMARTS) is 1. The van der Waals surface area contributed by atoms with Crippen LogP contribution in [0.2, 0.25) is 0 Å². The Labute approximate surface area is 94.9 Å². The first-order chi connectivity index (χ1) is 7.47. The zero-order valence-electron chi connectivity index (χ0n) is 9.47. The van der Waals surface area contributed by atoms with Crippen LogP contribution >= 0.6 is 0 Å². The molecule has 1 aromatic rings. The maximum absolute atomic E-state index is 10.8. The van der Waals surface area contributed by atoms with Crippen molar-refractivity contribution in [3.8, 4) is 0 Å². The van der Waals surface area contributed by atoms with E-state index in [0.29, 0.717) is 0 Å². The molecule has 16 heavy (non-hydrogen) atoms. The largest absolute Gasteiger partial charge is 0.465 e.